The minimum Gasteiger partial charge on any atom is -0.489 e. The number of halogens is 1. The molecule has 0 radical (unpaired) electrons. The number of benzene rings is 3. The van der Waals surface area contributed by atoms with Gasteiger partial charge < -0.3 is 14.8 Å². The van der Waals surface area contributed by atoms with Crippen molar-refractivity contribution in [2.24, 2.45) is 0 Å². The van der Waals surface area contributed by atoms with Gasteiger partial charge >= 0.3 is 0 Å². The van der Waals surface area contributed by atoms with Crippen molar-refractivity contribution in [3.05, 3.63) is 72.8 Å². The summed E-state index contributed by atoms with van der Waals surface area (Å²) in [6, 6.07) is 24.7. The summed E-state index contributed by atoms with van der Waals surface area (Å²) in [5.41, 5.74) is 0. The van der Waals surface area contributed by atoms with E-state index in [1.165, 1.54) is 5.39 Å². The minimum absolute atomic E-state index is 0. The number of nitrogens with one attached hydrogen (secondary N) is 1. The third-order valence-electron chi connectivity index (χ3n) is 3.97. The molecule has 0 aliphatic heterocycles. The highest BCUT2D eigenvalue weighted by molar-refractivity contribution is 5.88. The SMILES string of the molecule is CC(C)NCC(COc1cccc2ccccc12)Oc1ccccc1.Cl. The summed E-state index contributed by atoms with van der Waals surface area (Å²) >= 11 is 0. The molecular weight excluding hydrogens is 346 g/mol. The van der Waals surface area contributed by atoms with E-state index in [0.29, 0.717) is 12.6 Å². The Morgan fingerprint density at radius 1 is 0.846 bits per heavy atom. The number of rotatable bonds is 8. The van der Waals surface area contributed by atoms with E-state index < -0.39 is 0 Å². The van der Waals surface area contributed by atoms with Gasteiger partial charge in [0, 0.05) is 18.0 Å². The zero-order valence-corrected chi connectivity index (χ0v) is 16.0. The van der Waals surface area contributed by atoms with Crippen molar-refractivity contribution in [2.45, 2.75) is 26.0 Å². The second-order valence-electron chi connectivity index (χ2n) is 6.40. The molecule has 4 heteroatoms. The summed E-state index contributed by atoms with van der Waals surface area (Å²) in [6.45, 7) is 5.48. The fourth-order valence-electron chi connectivity index (χ4n) is 2.70. The summed E-state index contributed by atoms with van der Waals surface area (Å²) in [5, 5.41) is 5.74. The van der Waals surface area contributed by atoms with Crippen molar-refractivity contribution in [2.75, 3.05) is 13.2 Å². The molecule has 3 aromatic carbocycles. The molecule has 0 aliphatic rings. The zero-order valence-electron chi connectivity index (χ0n) is 15.2. The van der Waals surface area contributed by atoms with Gasteiger partial charge in [-0.05, 0) is 23.6 Å². The van der Waals surface area contributed by atoms with E-state index in [4.69, 9.17) is 9.47 Å². The van der Waals surface area contributed by atoms with Gasteiger partial charge in [-0.3, -0.25) is 0 Å². The summed E-state index contributed by atoms with van der Waals surface area (Å²) in [7, 11) is 0. The van der Waals surface area contributed by atoms with Crippen molar-refractivity contribution in [3.8, 4) is 11.5 Å². The molecule has 0 aliphatic carbocycles. The van der Waals surface area contributed by atoms with E-state index in [1.54, 1.807) is 0 Å². The fourth-order valence-corrected chi connectivity index (χ4v) is 2.70. The third kappa shape index (κ3) is 5.65. The molecule has 3 rings (SSSR count). The van der Waals surface area contributed by atoms with Crippen molar-refractivity contribution in [3.63, 3.8) is 0 Å². The molecule has 0 fully saturated rings. The molecule has 0 spiro atoms. The Morgan fingerprint density at radius 2 is 1.54 bits per heavy atom. The Bertz CT molecular complexity index is 787. The van der Waals surface area contributed by atoms with Gasteiger partial charge in [-0.25, -0.2) is 0 Å². The van der Waals surface area contributed by atoms with Crippen LogP contribution in [0, 0.1) is 0 Å². The van der Waals surface area contributed by atoms with Gasteiger partial charge in [0.05, 0.1) is 0 Å². The second-order valence-corrected chi connectivity index (χ2v) is 6.40. The molecule has 0 heterocycles. The Balaban J connectivity index is 0.00000243. The lowest BCUT2D eigenvalue weighted by Crippen LogP contribution is -2.39. The molecule has 3 nitrogen and oxygen atoms in total. The molecule has 1 atom stereocenters. The van der Waals surface area contributed by atoms with Crippen LogP contribution < -0.4 is 14.8 Å². The van der Waals surface area contributed by atoms with E-state index in [0.717, 1.165) is 23.4 Å². The average molecular weight is 372 g/mol. The van der Waals surface area contributed by atoms with Crippen molar-refractivity contribution >= 4 is 23.2 Å². The van der Waals surface area contributed by atoms with Gasteiger partial charge in [0.2, 0.25) is 0 Å². The van der Waals surface area contributed by atoms with Crippen LogP contribution in [-0.2, 0) is 0 Å². The van der Waals surface area contributed by atoms with Crippen LogP contribution in [0.2, 0.25) is 0 Å². The third-order valence-corrected chi connectivity index (χ3v) is 3.97. The largest absolute Gasteiger partial charge is 0.489 e. The Hall–Kier alpha value is -2.23. The van der Waals surface area contributed by atoms with Crippen LogP contribution in [-0.4, -0.2) is 25.3 Å². The van der Waals surface area contributed by atoms with Crippen LogP contribution in [0.1, 0.15) is 13.8 Å². The highest BCUT2D eigenvalue weighted by atomic mass is 35.5. The summed E-state index contributed by atoms with van der Waals surface area (Å²) in [5.74, 6) is 1.75. The lowest BCUT2D eigenvalue weighted by molar-refractivity contribution is 0.126. The molecule has 138 valence electrons. The van der Waals surface area contributed by atoms with Crippen LogP contribution >= 0.6 is 12.4 Å². The van der Waals surface area contributed by atoms with Gasteiger partial charge in [-0.15, -0.1) is 12.4 Å². The molecule has 0 amide bonds. The molecule has 1 N–H and O–H groups in total. The molecule has 0 bridgehead atoms. The van der Waals surface area contributed by atoms with E-state index in [2.05, 4.69) is 37.4 Å². The van der Waals surface area contributed by atoms with Crippen LogP contribution in [0.4, 0.5) is 0 Å². The Labute approximate surface area is 161 Å². The Kier molecular flexibility index (Phi) is 7.76. The first-order valence-corrected chi connectivity index (χ1v) is 8.78. The molecule has 0 aromatic heterocycles. The lowest BCUT2D eigenvalue weighted by atomic mass is 10.1. The van der Waals surface area contributed by atoms with Crippen molar-refractivity contribution in [1.82, 2.24) is 5.32 Å². The van der Waals surface area contributed by atoms with E-state index >= 15 is 0 Å². The van der Waals surface area contributed by atoms with Gasteiger partial charge in [-0.1, -0.05) is 68.4 Å². The molecule has 0 saturated carbocycles. The maximum atomic E-state index is 6.12. The van der Waals surface area contributed by atoms with Crippen LogP contribution in [0.3, 0.4) is 0 Å². The average Bonchev–Trinajstić information content (AvgIpc) is 2.64. The van der Waals surface area contributed by atoms with E-state index in [1.807, 2.05) is 54.6 Å². The Morgan fingerprint density at radius 3 is 2.31 bits per heavy atom. The smallest absolute Gasteiger partial charge is 0.145 e. The number of hydrogen-bond acceptors (Lipinski definition) is 3. The predicted octanol–water partition coefficient (Wildman–Crippen LogP) is 5.09. The quantitative estimate of drug-likeness (QED) is 0.598. The number of hydrogen-bond donors (Lipinski definition) is 1. The van der Waals surface area contributed by atoms with E-state index in [9.17, 15) is 0 Å². The minimum atomic E-state index is -0.0660. The van der Waals surface area contributed by atoms with Crippen LogP contribution in [0.15, 0.2) is 72.8 Å². The maximum Gasteiger partial charge on any atom is 0.145 e. The van der Waals surface area contributed by atoms with Crippen molar-refractivity contribution < 1.29 is 9.47 Å². The molecule has 0 saturated heterocycles. The maximum absolute atomic E-state index is 6.12. The fraction of sp³-hybridized carbons (Fsp3) is 0.273. The second kappa shape index (κ2) is 10.0. The number of ether oxygens (including phenoxy) is 2. The number of para-hydroxylation sites is 1. The summed E-state index contributed by atoms with van der Waals surface area (Å²) in [4.78, 5) is 0. The molecule has 26 heavy (non-hydrogen) atoms. The van der Waals surface area contributed by atoms with Gasteiger partial charge in [-0.2, -0.15) is 0 Å². The van der Waals surface area contributed by atoms with E-state index in [-0.39, 0.29) is 18.5 Å². The van der Waals surface area contributed by atoms with Crippen LogP contribution in [0.25, 0.3) is 10.8 Å². The zero-order chi connectivity index (χ0) is 17.5. The first kappa shape index (κ1) is 20.1. The topological polar surface area (TPSA) is 30.5 Å². The normalized spacial score (nSPS) is 11.8. The molecule has 3 aromatic rings. The molecular formula is C22H26ClNO2. The van der Waals surface area contributed by atoms with Gasteiger partial charge in [0.25, 0.3) is 0 Å². The predicted molar refractivity (Wildman–Crippen MR) is 111 cm³/mol. The van der Waals surface area contributed by atoms with Gasteiger partial charge in [0.15, 0.2) is 0 Å². The molecule has 1 unspecified atom stereocenters. The van der Waals surface area contributed by atoms with Crippen LogP contribution in [0.5, 0.6) is 11.5 Å². The first-order chi connectivity index (χ1) is 12.2. The highest BCUT2D eigenvalue weighted by Gasteiger charge is 2.13. The van der Waals surface area contributed by atoms with Gasteiger partial charge in [0.1, 0.15) is 24.2 Å². The first-order valence-electron chi connectivity index (χ1n) is 8.78. The highest BCUT2D eigenvalue weighted by Crippen LogP contribution is 2.25. The summed E-state index contributed by atoms with van der Waals surface area (Å²) < 4.78 is 12.2. The standard InChI is InChI=1S/C22H25NO2.ClH/c1-17(2)23-15-20(25-19-11-4-3-5-12-19)16-24-22-14-8-10-18-9-6-7-13-21(18)22;/h3-14,17,20,23H,15-16H2,1-2H3;1H. The monoisotopic (exact) mass is 371 g/mol. The summed E-state index contributed by atoms with van der Waals surface area (Å²) in [6.07, 6.45) is -0.0660. The van der Waals surface area contributed by atoms with Crippen molar-refractivity contribution in [1.29, 1.82) is 0 Å². The number of fused-ring (bicyclic) bond motifs is 1. The lowest BCUT2D eigenvalue weighted by Gasteiger charge is -2.22.